The second kappa shape index (κ2) is 7.65. The van der Waals surface area contributed by atoms with E-state index in [4.69, 9.17) is 21.8 Å². The monoisotopic (exact) mass is 412 g/mol. The molecule has 2 aromatic carbocycles. The lowest BCUT2D eigenvalue weighted by Gasteiger charge is -2.25. The Morgan fingerprint density at radius 1 is 1.26 bits per heavy atom. The van der Waals surface area contributed by atoms with Crippen molar-refractivity contribution in [1.82, 2.24) is 5.32 Å². The number of aliphatic carboxylic acids is 1. The number of carbonyl (C=O) groups is 2. The molecule has 0 aromatic heterocycles. The highest BCUT2D eigenvalue weighted by molar-refractivity contribution is 7.89. The summed E-state index contributed by atoms with van der Waals surface area (Å²) < 4.78 is 23.1. The highest BCUT2D eigenvalue weighted by atomic mass is 35.5. The standard InChI is InChI=1S/C14H11ClN2O4S.C3H6O2/c15-11-6-5-8(7-12(11)22(16,20)21)14(19)10-4-2-1-3-9(10)13(18)17-14;1-2-3(4)5/h1-7,19H,(H,17,18)(H2,16,20,21);2H2,1H3,(H,4,5). The lowest BCUT2D eigenvalue weighted by atomic mass is 9.94. The summed E-state index contributed by atoms with van der Waals surface area (Å²) in [6.07, 6.45) is 0.222. The van der Waals surface area contributed by atoms with E-state index in [9.17, 15) is 23.1 Å². The third-order valence-corrected chi connectivity index (χ3v) is 5.21. The van der Waals surface area contributed by atoms with Gasteiger partial charge in [0.15, 0.2) is 5.72 Å². The molecule has 0 saturated heterocycles. The maximum Gasteiger partial charge on any atom is 0.303 e. The second-order valence-corrected chi connectivity index (χ2v) is 7.58. The van der Waals surface area contributed by atoms with Crippen LogP contribution in [0, 0.1) is 0 Å². The maximum atomic E-state index is 12.0. The van der Waals surface area contributed by atoms with E-state index >= 15 is 0 Å². The minimum absolute atomic E-state index is 0.0625. The molecule has 1 aliphatic heterocycles. The van der Waals surface area contributed by atoms with Crippen LogP contribution >= 0.6 is 11.6 Å². The van der Waals surface area contributed by atoms with Gasteiger partial charge in [0.1, 0.15) is 4.90 Å². The molecule has 1 heterocycles. The maximum absolute atomic E-state index is 12.0. The highest BCUT2D eigenvalue weighted by Crippen LogP contribution is 2.36. The average Bonchev–Trinajstić information content (AvgIpc) is 2.87. The van der Waals surface area contributed by atoms with Crippen molar-refractivity contribution in [3.63, 3.8) is 0 Å². The smallest absolute Gasteiger partial charge is 0.303 e. The number of hydrogen-bond donors (Lipinski definition) is 4. The molecule has 27 heavy (non-hydrogen) atoms. The van der Waals surface area contributed by atoms with Crippen LogP contribution in [0.15, 0.2) is 47.4 Å². The van der Waals surface area contributed by atoms with Crippen molar-refractivity contribution in [2.75, 3.05) is 0 Å². The number of carbonyl (C=O) groups excluding carboxylic acids is 1. The molecule has 1 unspecified atom stereocenters. The number of fused-ring (bicyclic) bond motifs is 1. The Labute approximate surface area is 160 Å². The van der Waals surface area contributed by atoms with Crippen LogP contribution < -0.4 is 10.5 Å². The normalized spacial score (nSPS) is 18.1. The molecule has 10 heteroatoms. The van der Waals surface area contributed by atoms with Gasteiger partial charge in [0, 0.05) is 23.1 Å². The highest BCUT2D eigenvalue weighted by Gasteiger charge is 2.43. The molecule has 8 nitrogen and oxygen atoms in total. The molecule has 1 atom stereocenters. The molecule has 0 fully saturated rings. The lowest BCUT2D eigenvalue weighted by Crippen LogP contribution is -2.40. The first-order chi connectivity index (χ1) is 12.5. The van der Waals surface area contributed by atoms with Crippen LogP contribution in [0.4, 0.5) is 0 Å². The molecular formula is C17H17ClN2O6S. The summed E-state index contributed by atoms with van der Waals surface area (Å²) in [6.45, 7) is 1.60. The number of nitrogens with two attached hydrogens (primary N) is 1. The van der Waals surface area contributed by atoms with Crippen molar-refractivity contribution < 1.29 is 28.2 Å². The molecule has 0 saturated carbocycles. The predicted molar refractivity (Wildman–Crippen MR) is 97.7 cm³/mol. The minimum atomic E-state index is -4.06. The lowest BCUT2D eigenvalue weighted by molar-refractivity contribution is -0.136. The summed E-state index contributed by atoms with van der Waals surface area (Å²) in [7, 11) is -4.06. The fourth-order valence-corrected chi connectivity index (χ4v) is 3.54. The Morgan fingerprint density at radius 2 is 1.85 bits per heavy atom. The van der Waals surface area contributed by atoms with Crippen molar-refractivity contribution in [1.29, 1.82) is 0 Å². The number of carboxylic acid groups (broad SMARTS) is 1. The molecule has 0 bridgehead atoms. The zero-order valence-corrected chi connectivity index (χ0v) is 15.7. The molecule has 0 spiro atoms. The average molecular weight is 413 g/mol. The molecule has 1 aliphatic rings. The van der Waals surface area contributed by atoms with E-state index < -0.39 is 27.6 Å². The second-order valence-electron chi connectivity index (χ2n) is 5.65. The number of amides is 1. The van der Waals surface area contributed by atoms with E-state index in [1.54, 1.807) is 31.2 Å². The van der Waals surface area contributed by atoms with E-state index in [2.05, 4.69) is 5.32 Å². The third kappa shape index (κ3) is 4.28. The van der Waals surface area contributed by atoms with Crippen LogP contribution in [-0.2, 0) is 20.5 Å². The Hall–Kier alpha value is -2.46. The number of sulfonamides is 1. The van der Waals surface area contributed by atoms with Crippen LogP contribution in [-0.4, -0.2) is 30.5 Å². The molecule has 0 aliphatic carbocycles. The Kier molecular flexibility index (Phi) is 5.91. The van der Waals surface area contributed by atoms with E-state index in [0.717, 1.165) is 6.07 Å². The van der Waals surface area contributed by atoms with Crippen molar-refractivity contribution in [2.24, 2.45) is 5.14 Å². The first kappa shape index (κ1) is 20.8. The van der Waals surface area contributed by atoms with Gasteiger partial charge in [-0.1, -0.05) is 42.8 Å². The van der Waals surface area contributed by atoms with Gasteiger partial charge in [-0.25, -0.2) is 13.6 Å². The molecule has 2 aromatic rings. The molecular weight excluding hydrogens is 396 g/mol. The van der Waals surface area contributed by atoms with E-state index in [1.807, 2.05) is 0 Å². The third-order valence-electron chi connectivity index (χ3n) is 3.81. The summed E-state index contributed by atoms with van der Waals surface area (Å²) in [4.78, 5) is 21.0. The zero-order valence-electron chi connectivity index (χ0n) is 14.1. The fraction of sp³-hybridized carbons (Fsp3) is 0.176. The first-order valence-corrected chi connectivity index (χ1v) is 9.62. The Balaban J connectivity index is 0.000000465. The van der Waals surface area contributed by atoms with Gasteiger partial charge in [0.2, 0.25) is 10.0 Å². The van der Waals surface area contributed by atoms with E-state index in [-0.39, 0.29) is 21.9 Å². The molecule has 3 rings (SSSR count). The SMILES string of the molecule is CCC(=O)O.NS(=O)(=O)c1cc(C2(O)NC(=O)c3ccccc32)ccc1Cl. The molecule has 144 valence electrons. The quantitative estimate of drug-likeness (QED) is 0.599. The van der Waals surface area contributed by atoms with Gasteiger partial charge in [-0.05, 0) is 18.2 Å². The van der Waals surface area contributed by atoms with E-state index in [0.29, 0.717) is 11.1 Å². The predicted octanol–water partition coefficient (Wildman–Crippen LogP) is 1.41. The van der Waals surface area contributed by atoms with Crippen LogP contribution in [0.3, 0.4) is 0 Å². The molecule has 5 N–H and O–H groups in total. The summed E-state index contributed by atoms with van der Waals surface area (Å²) in [6, 6.07) is 10.4. The minimum Gasteiger partial charge on any atom is -0.481 e. The summed E-state index contributed by atoms with van der Waals surface area (Å²) in [5.74, 6) is -1.20. The Morgan fingerprint density at radius 3 is 2.41 bits per heavy atom. The number of benzene rings is 2. The van der Waals surface area contributed by atoms with Gasteiger partial charge in [-0.2, -0.15) is 0 Å². The Bertz CT molecular complexity index is 1010. The zero-order chi connectivity index (χ0) is 20.4. The number of carboxylic acids is 1. The fourth-order valence-electron chi connectivity index (χ4n) is 2.47. The van der Waals surface area contributed by atoms with Gasteiger partial charge in [-0.15, -0.1) is 0 Å². The van der Waals surface area contributed by atoms with Crippen molar-refractivity contribution in [2.45, 2.75) is 24.0 Å². The van der Waals surface area contributed by atoms with Gasteiger partial charge in [0.05, 0.1) is 5.02 Å². The topological polar surface area (TPSA) is 147 Å². The van der Waals surface area contributed by atoms with Crippen LogP contribution in [0.5, 0.6) is 0 Å². The van der Waals surface area contributed by atoms with Crippen LogP contribution in [0.2, 0.25) is 5.02 Å². The van der Waals surface area contributed by atoms with E-state index in [1.165, 1.54) is 12.1 Å². The number of rotatable bonds is 3. The first-order valence-electron chi connectivity index (χ1n) is 7.69. The number of aliphatic hydroxyl groups is 1. The number of halogens is 1. The van der Waals surface area contributed by atoms with Gasteiger partial charge >= 0.3 is 5.97 Å². The van der Waals surface area contributed by atoms with Crippen LogP contribution in [0.25, 0.3) is 0 Å². The van der Waals surface area contributed by atoms with Gasteiger partial charge in [-0.3, -0.25) is 9.59 Å². The summed E-state index contributed by atoms with van der Waals surface area (Å²) in [5.41, 5.74) is -1.03. The molecule has 0 radical (unpaired) electrons. The largest absolute Gasteiger partial charge is 0.481 e. The number of nitrogens with one attached hydrogen (secondary N) is 1. The van der Waals surface area contributed by atoms with Crippen molar-refractivity contribution in [3.8, 4) is 0 Å². The van der Waals surface area contributed by atoms with Crippen molar-refractivity contribution in [3.05, 3.63) is 64.2 Å². The van der Waals surface area contributed by atoms with Crippen molar-refractivity contribution >= 4 is 33.5 Å². The number of hydrogen-bond acceptors (Lipinski definition) is 5. The van der Waals surface area contributed by atoms with Gasteiger partial charge in [0.25, 0.3) is 5.91 Å². The number of primary sulfonamides is 1. The molecule has 1 amide bonds. The summed E-state index contributed by atoms with van der Waals surface area (Å²) >= 11 is 5.83. The summed E-state index contributed by atoms with van der Waals surface area (Å²) in [5, 5.41) is 26.1. The van der Waals surface area contributed by atoms with Crippen LogP contribution in [0.1, 0.15) is 34.8 Å². The van der Waals surface area contributed by atoms with Gasteiger partial charge < -0.3 is 15.5 Å².